The van der Waals surface area contributed by atoms with Gasteiger partial charge in [0.2, 0.25) is 5.88 Å². The van der Waals surface area contributed by atoms with E-state index in [-0.39, 0.29) is 12.1 Å². The fourth-order valence-corrected chi connectivity index (χ4v) is 5.68. The Morgan fingerprint density at radius 3 is 2.71 bits per heavy atom. The predicted octanol–water partition coefficient (Wildman–Crippen LogP) is 5.64. The van der Waals surface area contributed by atoms with Gasteiger partial charge in [0.05, 0.1) is 12.8 Å². The van der Waals surface area contributed by atoms with Gasteiger partial charge in [-0.3, -0.25) is 4.99 Å². The minimum absolute atomic E-state index is 0.0455. The van der Waals surface area contributed by atoms with Crippen LogP contribution in [0.4, 0.5) is 22.0 Å². The summed E-state index contributed by atoms with van der Waals surface area (Å²) in [4.78, 5) is 30.5. The second-order valence-corrected chi connectivity index (χ2v) is 10.2. The van der Waals surface area contributed by atoms with Crippen LogP contribution in [-0.4, -0.2) is 59.4 Å². The lowest BCUT2D eigenvalue weighted by atomic mass is 10.0. The highest BCUT2D eigenvalue weighted by atomic mass is 35.5. The molecule has 0 radical (unpaired) electrons. The van der Waals surface area contributed by atoms with Crippen LogP contribution in [0.5, 0.6) is 17.4 Å². The summed E-state index contributed by atoms with van der Waals surface area (Å²) in [5.41, 5.74) is 4.87. The second kappa shape index (κ2) is 10.1. The lowest BCUT2D eigenvalue weighted by Crippen LogP contribution is -2.49. The summed E-state index contributed by atoms with van der Waals surface area (Å²) >= 11 is 6.59. The number of carbonyl (C=O) groups is 1. The van der Waals surface area contributed by atoms with Crippen molar-refractivity contribution in [2.24, 2.45) is 4.99 Å². The van der Waals surface area contributed by atoms with Crippen LogP contribution in [-0.2, 0) is 12.8 Å². The van der Waals surface area contributed by atoms with Crippen LogP contribution in [0.3, 0.4) is 0 Å². The third-order valence-corrected chi connectivity index (χ3v) is 7.79. The molecule has 9 nitrogen and oxygen atoms in total. The Morgan fingerprint density at radius 2 is 1.89 bits per heavy atom. The van der Waals surface area contributed by atoms with E-state index in [1.165, 1.54) is 6.33 Å². The van der Waals surface area contributed by atoms with E-state index in [9.17, 15) is 4.79 Å². The SMILES string of the molecule is COc1ccc2c(c1)CCN(C1CCN(c3cc(Oc4ccc5c(c4Cl)N=C(C)C5)ncn3)CC1)C(=O)N2. The standard InChI is InChI=1S/C28H29ClN6O3/c1-17-13-19-3-6-23(26(29)27(19)32-17)38-25-15-24(30-16-31-25)34-10-8-20(9-11-34)35-12-7-18-14-21(37-2)4-5-22(18)33-28(35)36/h3-6,14-16,20H,7-13H2,1-2H3,(H,33,36). The normalized spacial score (nSPS) is 17.3. The number of nitrogens with one attached hydrogen (secondary N) is 1. The number of amides is 2. The number of benzene rings is 2. The maximum absolute atomic E-state index is 13.0. The molecule has 0 saturated carbocycles. The molecule has 3 aliphatic rings. The first kappa shape index (κ1) is 24.5. The average molecular weight is 533 g/mol. The molecule has 2 amide bonds. The van der Waals surface area contributed by atoms with Crippen LogP contribution in [0.1, 0.15) is 30.9 Å². The summed E-state index contributed by atoms with van der Waals surface area (Å²) in [5.74, 6) is 2.55. The molecule has 196 valence electrons. The van der Waals surface area contributed by atoms with Gasteiger partial charge in [0, 0.05) is 49.6 Å². The number of anilines is 2. The molecule has 0 spiro atoms. The van der Waals surface area contributed by atoms with Crippen molar-refractivity contribution in [1.29, 1.82) is 0 Å². The largest absolute Gasteiger partial charge is 0.497 e. The maximum Gasteiger partial charge on any atom is 0.322 e. The van der Waals surface area contributed by atoms with Gasteiger partial charge in [0.25, 0.3) is 0 Å². The van der Waals surface area contributed by atoms with Gasteiger partial charge in [-0.15, -0.1) is 0 Å². The van der Waals surface area contributed by atoms with Crippen LogP contribution in [0, 0.1) is 0 Å². The van der Waals surface area contributed by atoms with Gasteiger partial charge < -0.3 is 24.6 Å². The molecular weight excluding hydrogens is 504 g/mol. The zero-order chi connectivity index (χ0) is 26.2. The summed E-state index contributed by atoms with van der Waals surface area (Å²) in [5, 5.41) is 3.58. The van der Waals surface area contributed by atoms with Crippen LogP contribution < -0.4 is 19.7 Å². The predicted molar refractivity (Wildman–Crippen MR) is 148 cm³/mol. The molecule has 1 fully saturated rings. The van der Waals surface area contributed by atoms with Crippen molar-refractivity contribution >= 4 is 40.5 Å². The number of fused-ring (bicyclic) bond motifs is 2. The number of nitrogens with zero attached hydrogens (tertiary/aromatic N) is 5. The maximum atomic E-state index is 13.0. The molecule has 2 aromatic carbocycles. The lowest BCUT2D eigenvalue weighted by molar-refractivity contribution is 0.177. The van der Waals surface area contributed by atoms with Crippen molar-refractivity contribution in [2.45, 2.75) is 38.6 Å². The van der Waals surface area contributed by atoms with E-state index in [0.29, 0.717) is 23.2 Å². The Hall–Kier alpha value is -3.85. The summed E-state index contributed by atoms with van der Waals surface area (Å²) in [6.45, 7) is 4.22. The van der Waals surface area contributed by atoms with Gasteiger partial charge in [-0.25, -0.2) is 14.8 Å². The first-order chi connectivity index (χ1) is 18.5. The Bertz CT molecular complexity index is 1420. The zero-order valence-corrected chi connectivity index (χ0v) is 22.2. The Labute approximate surface area is 226 Å². The smallest absolute Gasteiger partial charge is 0.322 e. The third kappa shape index (κ3) is 4.74. The molecule has 0 bridgehead atoms. The van der Waals surface area contributed by atoms with E-state index in [4.69, 9.17) is 21.1 Å². The van der Waals surface area contributed by atoms with E-state index >= 15 is 0 Å². The molecule has 0 unspecified atom stereocenters. The molecule has 3 aromatic rings. The van der Waals surface area contributed by atoms with E-state index in [1.807, 2.05) is 48.2 Å². The molecule has 1 saturated heterocycles. The number of urea groups is 1. The van der Waals surface area contributed by atoms with Gasteiger partial charge in [0.15, 0.2) is 0 Å². The molecule has 3 aliphatic heterocycles. The molecule has 0 aliphatic carbocycles. The molecule has 6 rings (SSSR count). The van der Waals surface area contributed by atoms with E-state index in [1.54, 1.807) is 7.11 Å². The number of rotatable bonds is 5. The second-order valence-electron chi connectivity index (χ2n) is 9.84. The number of carbonyl (C=O) groups excluding carboxylic acids is 1. The quantitative estimate of drug-likeness (QED) is 0.457. The summed E-state index contributed by atoms with van der Waals surface area (Å²) in [7, 11) is 1.65. The van der Waals surface area contributed by atoms with Crippen molar-refractivity contribution < 1.29 is 14.3 Å². The highest BCUT2D eigenvalue weighted by Crippen LogP contribution is 2.42. The number of aliphatic imine (C=N–C) groups is 1. The number of hydrogen-bond donors (Lipinski definition) is 1. The molecule has 1 N–H and O–H groups in total. The molecule has 0 atom stereocenters. The number of hydrogen-bond acceptors (Lipinski definition) is 7. The van der Waals surface area contributed by atoms with Crippen LogP contribution in [0.25, 0.3) is 0 Å². The van der Waals surface area contributed by atoms with Crippen molar-refractivity contribution in [2.75, 3.05) is 37.0 Å². The van der Waals surface area contributed by atoms with E-state index in [0.717, 1.165) is 78.6 Å². The number of ether oxygens (including phenoxy) is 2. The first-order valence-corrected chi connectivity index (χ1v) is 13.2. The third-order valence-electron chi connectivity index (χ3n) is 7.42. The monoisotopic (exact) mass is 532 g/mol. The molecule has 4 heterocycles. The summed E-state index contributed by atoms with van der Waals surface area (Å²) in [6.07, 6.45) is 4.80. The van der Waals surface area contributed by atoms with E-state index in [2.05, 4.69) is 25.2 Å². The Morgan fingerprint density at radius 1 is 1.05 bits per heavy atom. The molecule has 10 heteroatoms. The average Bonchev–Trinajstić information content (AvgIpc) is 3.24. The highest BCUT2D eigenvalue weighted by Gasteiger charge is 2.31. The number of piperidine rings is 1. The molecular formula is C28H29ClN6O3. The van der Waals surface area contributed by atoms with Crippen molar-refractivity contribution in [3.05, 3.63) is 58.9 Å². The fourth-order valence-electron chi connectivity index (χ4n) is 5.42. The van der Waals surface area contributed by atoms with Crippen LogP contribution in [0.15, 0.2) is 47.7 Å². The minimum atomic E-state index is -0.0455. The van der Waals surface area contributed by atoms with Crippen molar-refractivity contribution in [3.63, 3.8) is 0 Å². The summed E-state index contributed by atoms with van der Waals surface area (Å²) in [6, 6.07) is 11.6. The Kier molecular flexibility index (Phi) is 6.53. The van der Waals surface area contributed by atoms with E-state index < -0.39 is 0 Å². The van der Waals surface area contributed by atoms with Crippen molar-refractivity contribution in [3.8, 4) is 17.4 Å². The van der Waals surface area contributed by atoms with Gasteiger partial charge in [-0.1, -0.05) is 17.7 Å². The van der Waals surface area contributed by atoms with Crippen molar-refractivity contribution in [1.82, 2.24) is 14.9 Å². The number of aromatic nitrogens is 2. The minimum Gasteiger partial charge on any atom is -0.497 e. The lowest BCUT2D eigenvalue weighted by Gasteiger charge is -2.38. The van der Waals surface area contributed by atoms with Gasteiger partial charge in [-0.05, 0) is 61.6 Å². The van der Waals surface area contributed by atoms with Crippen LogP contribution >= 0.6 is 11.6 Å². The zero-order valence-electron chi connectivity index (χ0n) is 21.4. The van der Waals surface area contributed by atoms with Gasteiger partial charge in [0.1, 0.15) is 28.7 Å². The first-order valence-electron chi connectivity index (χ1n) is 12.8. The summed E-state index contributed by atoms with van der Waals surface area (Å²) < 4.78 is 11.4. The van der Waals surface area contributed by atoms with Crippen LogP contribution in [0.2, 0.25) is 5.02 Å². The van der Waals surface area contributed by atoms with Gasteiger partial charge in [-0.2, -0.15) is 0 Å². The topological polar surface area (TPSA) is 92.2 Å². The Balaban J connectivity index is 1.10. The van der Waals surface area contributed by atoms with Gasteiger partial charge >= 0.3 is 6.03 Å². The number of halogens is 1. The molecule has 38 heavy (non-hydrogen) atoms. The molecule has 1 aromatic heterocycles. The highest BCUT2D eigenvalue weighted by molar-refractivity contribution is 6.35. The number of methoxy groups -OCH3 is 1. The fraction of sp³-hybridized carbons (Fsp3) is 0.357.